The first kappa shape index (κ1) is 22.2. The molecule has 0 atom stereocenters. The van der Waals surface area contributed by atoms with Gasteiger partial charge in [-0.05, 0) is 51.5 Å². The topological polar surface area (TPSA) is 88.4 Å². The van der Waals surface area contributed by atoms with Crippen LogP contribution in [-0.2, 0) is 10.0 Å². The van der Waals surface area contributed by atoms with Crippen LogP contribution in [0.25, 0.3) is 5.69 Å². The summed E-state index contributed by atoms with van der Waals surface area (Å²) in [5.41, 5.74) is 4.83. The Morgan fingerprint density at radius 1 is 0.844 bits per heavy atom. The third-order valence-electron chi connectivity index (χ3n) is 5.74. The molecule has 2 heterocycles. The molecule has 1 aliphatic rings. The molecule has 1 aromatic heterocycles. The monoisotopic (exact) mass is 453 g/mol. The van der Waals surface area contributed by atoms with E-state index in [-0.39, 0.29) is 23.9 Å². The van der Waals surface area contributed by atoms with Gasteiger partial charge in [-0.2, -0.15) is 14.2 Å². The Bertz CT molecular complexity index is 1260. The highest BCUT2D eigenvalue weighted by atomic mass is 32.2. The van der Waals surface area contributed by atoms with Crippen molar-refractivity contribution >= 4 is 15.9 Å². The summed E-state index contributed by atoms with van der Waals surface area (Å²) in [6, 6.07) is 12.8. The van der Waals surface area contributed by atoms with Crippen molar-refractivity contribution < 1.29 is 13.2 Å². The molecule has 0 bridgehead atoms. The Hall–Kier alpha value is -3.04. The average Bonchev–Trinajstić information content (AvgIpc) is 3.15. The number of nitrogens with zero attached hydrogens (tertiary/aromatic N) is 5. The van der Waals surface area contributed by atoms with E-state index >= 15 is 0 Å². The van der Waals surface area contributed by atoms with Gasteiger partial charge in [-0.3, -0.25) is 4.79 Å². The van der Waals surface area contributed by atoms with Crippen molar-refractivity contribution in [1.29, 1.82) is 0 Å². The molecule has 0 unspecified atom stereocenters. The van der Waals surface area contributed by atoms with Crippen LogP contribution >= 0.6 is 0 Å². The first-order chi connectivity index (χ1) is 15.2. The van der Waals surface area contributed by atoms with Gasteiger partial charge in [-0.1, -0.05) is 35.4 Å². The van der Waals surface area contributed by atoms with Crippen LogP contribution in [0, 0.1) is 27.7 Å². The van der Waals surface area contributed by atoms with E-state index in [0.29, 0.717) is 24.5 Å². The number of piperazine rings is 1. The molecule has 2 aromatic carbocycles. The lowest BCUT2D eigenvalue weighted by Crippen LogP contribution is -2.50. The second kappa shape index (κ2) is 8.48. The number of rotatable bonds is 4. The molecule has 1 aliphatic heterocycles. The molecule has 1 saturated heterocycles. The lowest BCUT2D eigenvalue weighted by molar-refractivity contribution is 0.0690. The van der Waals surface area contributed by atoms with Crippen LogP contribution in [0.1, 0.15) is 32.9 Å². The Kier molecular flexibility index (Phi) is 5.87. The normalized spacial score (nSPS) is 15.2. The lowest BCUT2D eigenvalue weighted by atomic mass is 10.1. The van der Waals surface area contributed by atoms with Crippen molar-refractivity contribution in [2.24, 2.45) is 0 Å². The molecule has 0 spiro atoms. The van der Waals surface area contributed by atoms with Crippen LogP contribution in [0.5, 0.6) is 0 Å². The number of hydrogen-bond acceptors (Lipinski definition) is 5. The Morgan fingerprint density at radius 2 is 1.47 bits per heavy atom. The minimum absolute atomic E-state index is 0.231. The van der Waals surface area contributed by atoms with Crippen LogP contribution in [0.4, 0.5) is 0 Å². The summed E-state index contributed by atoms with van der Waals surface area (Å²) in [6.07, 6.45) is 0. The van der Waals surface area contributed by atoms with Gasteiger partial charge in [0.1, 0.15) is 0 Å². The minimum Gasteiger partial charge on any atom is -0.335 e. The molecule has 4 rings (SSSR count). The smallest absolute Gasteiger partial charge is 0.276 e. The highest BCUT2D eigenvalue weighted by Gasteiger charge is 2.32. The van der Waals surface area contributed by atoms with E-state index in [1.165, 1.54) is 9.10 Å². The van der Waals surface area contributed by atoms with E-state index in [1.54, 1.807) is 36.1 Å². The zero-order valence-corrected chi connectivity index (χ0v) is 19.6. The van der Waals surface area contributed by atoms with E-state index in [1.807, 2.05) is 39.0 Å². The molecule has 1 fully saturated rings. The predicted octanol–water partition coefficient (Wildman–Crippen LogP) is 2.65. The van der Waals surface area contributed by atoms with E-state index < -0.39 is 10.0 Å². The summed E-state index contributed by atoms with van der Waals surface area (Å²) >= 11 is 0. The molecule has 9 heteroatoms. The summed E-state index contributed by atoms with van der Waals surface area (Å²) in [6.45, 7) is 8.78. The number of hydrogen-bond donors (Lipinski definition) is 0. The quantitative estimate of drug-likeness (QED) is 0.606. The number of benzene rings is 2. The fraction of sp³-hybridized carbons (Fsp3) is 0.348. The maximum atomic E-state index is 13.1. The van der Waals surface area contributed by atoms with Crippen molar-refractivity contribution in [3.05, 3.63) is 70.5 Å². The molecule has 0 saturated carbocycles. The van der Waals surface area contributed by atoms with Crippen LogP contribution in [-0.4, -0.2) is 64.7 Å². The second-order valence-electron chi connectivity index (χ2n) is 8.22. The first-order valence-electron chi connectivity index (χ1n) is 10.5. The van der Waals surface area contributed by atoms with E-state index in [2.05, 4.69) is 10.2 Å². The zero-order valence-electron chi connectivity index (χ0n) is 18.7. The summed E-state index contributed by atoms with van der Waals surface area (Å²) in [7, 11) is -3.58. The van der Waals surface area contributed by atoms with Gasteiger partial charge in [-0.25, -0.2) is 8.42 Å². The second-order valence-corrected chi connectivity index (χ2v) is 10.2. The number of amides is 1. The van der Waals surface area contributed by atoms with Gasteiger partial charge in [-0.15, -0.1) is 5.10 Å². The molecule has 1 amide bonds. The molecular formula is C23H27N5O3S. The lowest BCUT2D eigenvalue weighted by Gasteiger charge is -2.33. The standard InChI is InChI=1S/C23H27N5O3S/c1-16-5-8-20(9-6-16)32(30,31)27-13-11-26(12-14-27)23(29)22-19(4)24-28(25-22)21-10-7-17(2)15-18(21)3/h5-10,15H,11-14H2,1-4H3. The zero-order chi connectivity index (χ0) is 23.0. The largest absolute Gasteiger partial charge is 0.335 e. The molecule has 0 N–H and O–H groups in total. The molecule has 0 aliphatic carbocycles. The number of aryl methyl sites for hydroxylation is 4. The van der Waals surface area contributed by atoms with E-state index in [4.69, 9.17) is 0 Å². The van der Waals surface area contributed by atoms with Crippen molar-refractivity contribution in [2.75, 3.05) is 26.2 Å². The third-order valence-corrected chi connectivity index (χ3v) is 7.65. The highest BCUT2D eigenvalue weighted by Crippen LogP contribution is 2.20. The minimum atomic E-state index is -3.58. The molecule has 8 nitrogen and oxygen atoms in total. The van der Waals surface area contributed by atoms with Gasteiger partial charge in [0.15, 0.2) is 5.69 Å². The number of sulfonamides is 1. The summed E-state index contributed by atoms with van der Waals surface area (Å²) in [4.78, 5) is 16.5. The average molecular weight is 454 g/mol. The Morgan fingerprint density at radius 3 is 2.09 bits per heavy atom. The SMILES string of the molecule is Cc1ccc(S(=O)(=O)N2CCN(C(=O)c3nn(-c4ccc(C)cc4C)nc3C)CC2)cc1. The maximum absolute atomic E-state index is 13.1. The fourth-order valence-corrected chi connectivity index (χ4v) is 5.28. The van der Waals surface area contributed by atoms with E-state index in [9.17, 15) is 13.2 Å². The Labute approximate surface area is 188 Å². The van der Waals surface area contributed by atoms with Gasteiger partial charge >= 0.3 is 0 Å². The molecule has 0 radical (unpaired) electrons. The van der Waals surface area contributed by atoms with Crippen LogP contribution < -0.4 is 0 Å². The van der Waals surface area contributed by atoms with Crippen LogP contribution in [0.2, 0.25) is 0 Å². The maximum Gasteiger partial charge on any atom is 0.276 e. The number of carbonyl (C=O) groups is 1. The summed E-state index contributed by atoms with van der Waals surface area (Å²) in [5.74, 6) is -0.231. The van der Waals surface area contributed by atoms with Crippen molar-refractivity contribution in [3.63, 3.8) is 0 Å². The summed E-state index contributed by atoms with van der Waals surface area (Å²) in [5, 5.41) is 8.89. The summed E-state index contributed by atoms with van der Waals surface area (Å²) < 4.78 is 27.3. The van der Waals surface area contributed by atoms with E-state index in [0.717, 1.165) is 22.4 Å². The molecule has 168 valence electrons. The molecule has 3 aromatic rings. The third kappa shape index (κ3) is 4.18. The predicted molar refractivity (Wildman–Crippen MR) is 121 cm³/mol. The number of aromatic nitrogens is 3. The molecule has 32 heavy (non-hydrogen) atoms. The van der Waals surface area contributed by atoms with Crippen LogP contribution in [0.3, 0.4) is 0 Å². The van der Waals surface area contributed by atoms with Crippen LogP contribution in [0.15, 0.2) is 47.4 Å². The van der Waals surface area contributed by atoms with Gasteiger partial charge in [0.2, 0.25) is 10.0 Å². The van der Waals surface area contributed by atoms with Crippen molar-refractivity contribution in [3.8, 4) is 5.69 Å². The van der Waals surface area contributed by atoms with Gasteiger partial charge in [0.25, 0.3) is 5.91 Å². The Balaban J connectivity index is 1.48. The first-order valence-corrected chi connectivity index (χ1v) is 12.0. The fourth-order valence-electron chi connectivity index (χ4n) is 3.85. The van der Waals surface area contributed by atoms with Crippen molar-refractivity contribution in [2.45, 2.75) is 32.6 Å². The van der Waals surface area contributed by atoms with Gasteiger partial charge in [0.05, 0.1) is 16.3 Å². The highest BCUT2D eigenvalue weighted by molar-refractivity contribution is 7.89. The van der Waals surface area contributed by atoms with Gasteiger partial charge in [0, 0.05) is 26.2 Å². The van der Waals surface area contributed by atoms with Gasteiger partial charge < -0.3 is 4.90 Å². The number of carbonyl (C=O) groups excluding carboxylic acids is 1. The van der Waals surface area contributed by atoms with Crippen molar-refractivity contribution in [1.82, 2.24) is 24.2 Å². The molecular weight excluding hydrogens is 426 g/mol.